The van der Waals surface area contributed by atoms with E-state index in [1.807, 2.05) is 5.32 Å². The van der Waals surface area contributed by atoms with Gasteiger partial charge in [0.15, 0.2) is 11.5 Å². The molecule has 0 bridgehead atoms. The fourth-order valence-corrected chi connectivity index (χ4v) is 2.56. The van der Waals surface area contributed by atoms with Gasteiger partial charge in [-0.05, 0) is 0 Å². The molecule has 4 heterocycles. The molecule has 27 heavy (non-hydrogen) atoms. The molecule has 0 radical (unpaired) electrons. The first-order valence-electron chi connectivity index (χ1n) is 7.69. The van der Waals surface area contributed by atoms with Crippen LogP contribution in [0.5, 0.6) is 0 Å². The molecule has 0 spiro atoms. The number of carbonyl (C=O) groups is 1. The number of hydrogen-bond acceptors (Lipinski definition) is 6. The fourth-order valence-electron chi connectivity index (χ4n) is 2.56. The van der Waals surface area contributed by atoms with Gasteiger partial charge in [0.2, 0.25) is 5.91 Å². The molecule has 9 nitrogen and oxygen atoms in total. The lowest BCUT2D eigenvalue weighted by molar-refractivity contribution is -0.138. The van der Waals surface area contributed by atoms with Crippen molar-refractivity contribution in [1.29, 1.82) is 0 Å². The first-order chi connectivity index (χ1) is 12.9. The number of aromatic amines is 1. The van der Waals surface area contributed by atoms with Crippen molar-refractivity contribution in [2.24, 2.45) is 0 Å². The van der Waals surface area contributed by atoms with E-state index in [2.05, 4.69) is 29.9 Å². The number of rotatable bonds is 4. The van der Waals surface area contributed by atoms with Gasteiger partial charge in [0, 0.05) is 23.3 Å². The van der Waals surface area contributed by atoms with E-state index in [4.69, 9.17) is 0 Å². The number of imidazole rings is 1. The van der Waals surface area contributed by atoms with Crippen LogP contribution in [0.4, 0.5) is 13.2 Å². The highest BCUT2D eigenvalue weighted by molar-refractivity contribution is 5.91. The van der Waals surface area contributed by atoms with Gasteiger partial charge in [0.25, 0.3) is 0 Å². The molecule has 4 aromatic rings. The molecule has 0 atom stereocenters. The Bertz CT molecular complexity index is 1130. The molecule has 0 aliphatic rings. The Balaban J connectivity index is 1.64. The topological polar surface area (TPSA) is 114 Å². The summed E-state index contributed by atoms with van der Waals surface area (Å²) >= 11 is 0. The van der Waals surface area contributed by atoms with Crippen molar-refractivity contribution in [3.05, 3.63) is 31.2 Å². The summed E-state index contributed by atoms with van der Waals surface area (Å²) in [7, 11) is 0. The van der Waals surface area contributed by atoms with Crippen molar-refractivity contribution in [3.63, 3.8) is 0 Å². The molecule has 12 heteroatoms. The second-order valence-corrected chi connectivity index (χ2v) is 5.65. The predicted octanol–water partition coefficient (Wildman–Crippen LogP) is 1.44. The van der Waals surface area contributed by atoms with E-state index in [0.29, 0.717) is 33.6 Å². The third kappa shape index (κ3) is 3.41. The number of amides is 1. The molecule has 138 valence electrons. The molecule has 4 aromatic heterocycles. The zero-order valence-electron chi connectivity index (χ0n) is 13.5. The average Bonchev–Trinajstić information content (AvgIpc) is 3.23. The zero-order valence-corrected chi connectivity index (χ0v) is 13.5. The summed E-state index contributed by atoms with van der Waals surface area (Å²) in [6, 6.07) is 0. The fraction of sp³-hybridized carbons (Fsp3) is 0.200. The summed E-state index contributed by atoms with van der Waals surface area (Å²) in [6.45, 7) is -1.74. The van der Waals surface area contributed by atoms with Crippen LogP contribution in [0.15, 0.2) is 31.2 Å². The number of nitrogens with one attached hydrogen (secondary N) is 2. The van der Waals surface area contributed by atoms with Gasteiger partial charge in [0.05, 0.1) is 12.5 Å². The van der Waals surface area contributed by atoms with Crippen molar-refractivity contribution in [1.82, 2.24) is 39.8 Å². The monoisotopic (exact) mass is 376 g/mol. The molecule has 1 amide bonds. The van der Waals surface area contributed by atoms with Gasteiger partial charge < -0.3 is 14.9 Å². The summed E-state index contributed by atoms with van der Waals surface area (Å²) in [5.41, 5.74) is 2.01. The highest BCUT2D eigenvalue weighted by Crippen LogP contribution is 2.25. The van der Waals surface area contributed by atoms with Crippen LogP contribution < -0.4 is 5.32 Å². The largest absolute Gasteiger partial charge is 0.405 e. The minimum Gasteiger partial charge on any atom is -0.345 e. The summed E-state index contributed by atoms with van der Waals surface area (Å²) in [4.78, 5) is 35.5. The highest BCUT2D eigenvalue weighted by Gasteiger charge is 2.27. The normalized spacial score (nSPS) is 12.0. The van der Waals surface area contributed by atoms with Crippen molar-refractivity contribution < 1.29 is 18.0 Å². The van der Waals surface area contributed by atoms with E-state index in [1.54, 1.807) is 12.4 Å². The van der Waals surface area contributed by atoms with Gasteiger partial charge in [0.1, 0.15) is 30.6 Å². The maximum atomic E-state index is 12.2. The third-order valence-corrected chi connectivity index (χ3v) is 3.75. The number of aromatic nitrogens is 7. The van der Waals surface area contributed by atoms with Gasteiger partial charge in [-0.1, -0.05) is 0 Å². The second-order valence-electron chi connectivity index (χ2n) is 5.65. The number of fused-ring (bicyclic) bond motifs is 2. The van der Waals surface area contributed by atoms with Crippen LogP contribution in [-0.4, -0.2) is 53.1 Å². The third-order valence-electron chi connectivity index (χ3n) is 3.75. The molecular weight excluding hydrogens is 365 g/mol. The smallest absolute Gasteiger partial charge is 0.345 e. The van der Waals surface area contributed by atoms with Crippen molar-refractivity contribution in [2.45, 2.75) is 12.7 Å². The molecule has 0 saturated carbocycles. The maximum Gasteiger partial charge on any atom is 0.405 e. The molecule has 0 unspecified atom stereocenters. The first-order valence-corrected chi connectivity index (χ1v) is 7.69. The van der Waals surface area contributed by atoms with E-state index in [9.17, 15) is 18.0 Å². The summed E-state index contributed by atoms with van der Waals surface area (Å²) in [5.74, 6) is -0.451. The van der Waals surface area contributed by atoms with E-state index in [0.717, 1.165) is 0 Å². The quantitative estimate of drug-likeness (QED) is 0.557. The van der Waals surface area contributed by atoms with E-state index >= 15 is 0 Å². The molecule has 0 aliphatic carbocycles. The number of alkyl halides is 3. The highest BCUT2D eigenvalue weighted by atomic mass is 19.4. The molecule has 0 aliphatic heterocycles. The van der Waals surface area contributed by atoms with Gasteiger partial charge in [-0.2, -0.15) is 13.2 Å². The van der Waals surface area contributed by atoms with E-state index in [1.165, 1.54) is 23.4 Å². The molecule has 0 aromatic carbocycles. The second kappa shape index (κ2) is 6.30. The number of nitrogens with zero attached hydrogens (tertiary/aromatic N) is 6. The molecule has 0 saturated heterocycles. The van der Waals surface area contributed by atoms with Crippen LogP contribution in [0.25, 0.3) is 33.6 Å². The Morgan fingerprint density at radius 3 is 2.89 bits per heavy atom. The Morgan fingerprint density at radius 2 is 2.07 bits per heavy atom. The van der Waals surface area contributed by atoms with E-state index < -0.39 is 18.6 Å². The zero-order chi connectivity index (χ0) is 19.0. The minimum absolute atomic E-state index is 0.327. The Hall–Kier alpha value is -3.57. The molecule has 4 rings (SSSR count). The molecular formula is C15H11F3N8O. The summed E-state index contributed by atoms with van der Waals surface area (Å²) in [5, 5.41) is 2.53. The Morgan fingerprint density at radius 1 is 1.22 bits per heavy atom. The first kappa shape index (κ1) is 16.9. The van der Waals surface area contributed by atoms with Crippen LogP contribution in [0, 0.1) is 0 Å². The van der Waals surface area contributed by atoms with Crippen LogP contribution >= 0.6 is 0 Å². The number of halogens is 3. The minimum atomic E-state index is -4.47. The Labute approximate surface area is 148 Å². The summed E-state index contributed by atoms with van der Waals surface area (Å²) in [6.07, 6.45) is 3.03. The van der Waals surface area contributed by atoms with Gasteiger partial charge in [-0.25, -0.2) is 24.9 Å². The predicted molar refractivity (Wildman–Crippen MR) is 87.3 cm³/mol. The van der Waals surface area contributed by atoms with Gasteiger partial charge in [-0.15, -0.1) is 0 Å². The summed E-state index contributed by atoms with van der Waals surface area (Å²) < 4.78 is 38.0. The lowest BCUT2D eigenvalue weighted by Crippen LogP contribution is -2.35. The SMILES string of the molecule is O=C(Cn1cnc2cnc(-c3c[nH]c4ncncc34)nc21)NCC(F)(F)F. The standard InChI is InChI=1S/C15H11F3N8O/c16-15(17,18)5-22-11(27)4-26-7-24-10-3-21-13(25-14(10)26)9-2-20-12-8(9)1-19-6-23-12/h1-3,6-7H,4-5H2,(H,22,27)(H,19,20,23). The van der Waals surface area contributed by atoms with Crippen LogP contribution in [0.3, 0.4) is 0 Å². The molecule has 0 fully saturated rings. The lowest BCUT2D eigenvalue weighted by Gasteiger charge is -2.09. The van der Waals surface area contributed by atoms with Crippen LogP contribution in [0.1, 0.15) is 0 Å². The van der Waals surface area contributed by atoms with Crippen molar-refractivity contribution >= 4 is 28.1 Å². The number of hydrogen-bond donors (Lipinski definition) is 2. The number of carbonyl (C=O) groups excluding carboxylic acids is 1. The van der Waals surface area contributed by atoms with E-state index in [-0.39, 0.29) is 6.54 Å². The van der Waals surface area contributed by atoms with Gasteiger partial charge in [-0.3, -0.25) is 4.79 Å². The molecule has 2 N–H and O–H groups in total. The average molecular weight is 376 g/mol. The van der Waals surface area contributed by atoms with Crippen molar-refractivity contribution in [2.75, 3.05) is 6.54 Å². The maximum absolute atomic E-state index is 12.2. The van der Waals surface area contributed by atoms with Crippen LogP contribution in [0.2, 0.25) is 0 Å². The van der Waals surface area contributed by atoms with Gasteiger partial charge >= 0.3 is 6.18 Å². The number of H-pyrrole nitrogens is 1. The van der Waals surface area contributed by atoms with Crippen molar-refractivity contribution in [3.8, 4) is 11.4 Å². The Kier molecular flexibility index (Phi) is 3.94. The lowest BCUT2D eigenvalue weighted by atomic mass is 10.2. The van der Waals surface area contributed by atoms with Crippen LogP contribution in [-0.2, 0) is 11.3 Å².